The van der Waals surface area contributed by atoms with Crippen molar-refractivity contribution in [3.8, 4) is 0 Å². The first-order chi connectivity index (χ1) is 12.5. The smallest absolute Gasteiger partial charge is 0.261 e. The Kier molecular flexibility index (Phi) is 5.93. The van der Waals surface area contributed by atoms with E-state index in [0.29, 0.717) is 11.3 Å². The van der Waals surface area contributed by atoms with Crippen LogP contribution in [-0.2, 0) is 10.0 Å². The number of amides is 1. The molecule has 0 unspecified atom stereocenters. The minimum Gasteiger partial charge on any atom is -0.349 e. The maximum Gasteiger partial charge on any atom is 0.261 e. The molecule has 5 nitrogen and oxygen atoms in total. The molecule has 2 aromatic rings. The van der Waals surface area contributed by atoms with Crippen LogP contribution in [0.3, 0.4) is 0 Å². The second-order valence-corrected chi connectivity index (χ2v) is 8.34. The molecule has 2 N–H and O–H groups in total. The number of hydrogen-bond acceptors (Lipinski definition) is 3. The van der Waals surface area contributed by atoms with Crippen molar-refractivity contribution in [2.75, 3.05) is 4.72 Å². The lowest BCUT2D eigenvalue weighted by molar-refractivity contribution is 0.0933. The monoisotopic (exact) mass is 372 g/mol. The number of sulfonamides is 1. The minimum atomic E-state index is -3.62. The number of anilines is 1. The van der Waals surface area contributed by atoms with Gasteiger partial charge in [-0.15, -0.1) is 0 Å². The summed E-state index contributed by atoms with van der Waals surface area (Å²) >= 11 is 0. The predicted molar refractivity (Wildman–Crippen MR) is 103 cm³/mol. The number of hydrogen-bond donors (Lipinski definition) is 2. The van der Waals surface area contributed by atoms with Gasteiger partial charge in [0, 0.05) is 17.3 Å². The number of carbonyl (C=O) groups excluding carboxylic acids is 1. The zero-order valence-electron chi connectivity index (χ0n) is 14.6. The molecule has 26 heavy (non-hydrogen) atoms. The molecule has 0 bridgehead atoms. The fraction of sp³-hybridized carbons (Fsp3) is 0.350. The van der Waals surface area contributed by atoms with Crippen LogP contribution < -0.4 is 10.0 Å². The van der Waals surface area contributed by atoms with Crippen molar-refractivity contribution in [1.82, 2.24) is 5.32 Å². The van der Waals surface area contributed by atoms with Crippen molar-refractivity contribution in [3.05, 3.63) is 60.2 Å². The van der Waals surface area contributed by atoms with E-state index in [2.05, 4.69) is 10.0 Å². The maximum absolute atomic E-state index is 12.4. The molecule has 1 fully saturated rings. The number of nitrogens with one attached hydrogen (secondary N) is 2. The highest BCUT2D eigenvalue weighted by atomic mass is 32.2. The van der Waals surface area contributed by atoms with Gasteiger partial charge in [0.05, 0.1) is 4.90 Å². The van der Waals surface area contributed by atoms with Crippen LogP contribution in [0.5, 0.6) is 0 Å². The van der Waals surface area contributed by atoms with E-state index in [4.69, 9.17) is 0 Å². The Hall–Kier alpha value is -2.34. The zero-order valence-corrected chi connectivity index (χ0v) is 15.5. The van der Waals surface area contributed by atoms with E-state index in [0.717, 1.165) is 25.7 Å². The highest BCUT2D eigenvalue weighted by Crippen LogP contribution is 2.19. The van der Waals surface area contributed by atoms with Gasteiger partial charge in [0.25, 0.3) is 15.9 Å². The van der Waals surface area contributed by atoms with Gasteiger partial charge < -0.3 is 5.32 Å². The number of benzene rings is 2. The first kappa shape index (κ1) is 18.5. The molecule has 6 heteroatoms. The Bertz CT molecular complexity index is 825. The molecular formula is C20H24N2O3S. The van der Waals surface area contributed by atoms with Crippen molar-refractivity contribution >= 4 is 21.6 Å². The summed E-state index contributed by atoms with van der Waals surface area (Å²) in [7, 11) is -3.62. The molecule has 1 saturated carbocycles. The van der Waals surface area contributed by atoms with Crippen LogP contribution in [0.15, 0.2) is 59.5 Å². The van der Waals surface area contributed by atoms with Crippen LogP contribution in [0.1, 0.15) is 48.9 Å². The zero-order chi connectivity index (χ0) is 18.4. The third-order valence-corrected chi connectivity index (χ3v) is 6.04. The molecule has 2 aromatic carbocycles. The van der Waals surface area contributed by atoms with Crippen molar-refractivity contribution in [1.29, 1.82) is 0 Å². The van der Waals surface area contributed by atoms with E-state index in [9.17, 15) is 13.2 Å². The second-order valence-electron chi connectivity index (χ2n) is 6.66. The highest BCUT2D eigenvalue weighted by molar-refractivity contribution is 7.92. The fourth-order valence-corrected chi connectivity index (χ4v) is 4.28. The lowest BCUT2D eigenvalue weighted by Gasteiger charge is -2.16. The summed E-state index contributed by atoms with van der Waals surface area (Å²) in [5, 5.41) is 3.09. The van der Waals surface area contributed by atoms with Crippen molar-refractivity contribution in [2.45, 2.75) is 49.5 Å². The summed E-state index contributed by atoms with van der Waals surface area (Å²) in [6, 6.07) is 15.0. The molecule has 1 amide bonds. The molecule has 0 aliphatic heterocycles. The first-order valence-electron chi connectivity index (χ1n) is 9.03. The summed E-state index contributed by atoms with van der Waals surface area (Å²) in [5.41, 5.74) is 0.969. The van der Waals surface area contributed by atoms with Crippen LogP contribution in [0.2, 0.25) is 0 Å². The molecule has 0 atom stereocenters. The van der Waals surface area contributed by atoms with Gasteiger partial charge in [-0.3, -0.25) is 9.52 Å². The van der Waals surface area contributed by atoms with E-state index in [1.807, 2.05) is 0 Å². The van der Waals surface area contributed by atoms with Crippen molar-refractivity contribution < 1.29 is 13.2 Å². The normalized spacial score (nSPS) is 15.8. The van der Waals surface area contributed by atoms with Crippen LogP contribution in [0, 0.1) is 0 Å². The Morgan fingerprint density at radius 3 is 2.08 bits per heavy atom. The summed E-state index contributed by atoms with van der Waals surface area (Å²) in [6.07, 6.45) is 6.85. The summed E-state index contributed by atoms with van der Waals surface area (Å²) in [5.74, 6) is -0.102. The molecule has 1 aliphatic rings. The van der Waals surface area contributed by atoms with Crippen LogP contribution >= 0.6 is 0 Å². The molecule has 1 aliphatic carbocycles. The third-order valence-electron chi connectivity index (χ3n) is 4.64. The third kappa shape index (κ3) is 4.85. The molecule has 0 heterocycles. The van der Waals surface area contributed by atoms with E-state index < -0.39 is 10.0 Å². The van der Waals surface area contributed by atoms with E-state index in [1.165, 1.54) is 25.0 Å². The average molecular weight is 372 g/mol. The van der Waals surface area contributed by atoms with Crippen molar-refractivity contribution in [2.24, 2.45) is 0 Å². The van der Waals surface area contributed by atoms with Gasteiger partial charge in [0.15, 0.2) is 0 Å². The van der Waals surface area contributed by atoms with Gasteiger partial charge in [-0.25, -0.2) is 8.42 Å². The minimum absolute atomic E-state index is 0.102. The Balaban J connectivity index is 1.63. The molecule has 138 valence electrons. The lowest BCUT2D eigenvalue weighted by Crippen LogP contribution is -2.34. The van der Waals surface area contributed by atoms with Gasteiger partial charge in [-0.2, -0.15) is 0 Å². The molecule has 0 saturated heterocycles. The molecule has 3 rings (SSSR count). The molecule has 0 spiro atoms. The van der Waals surface area contributed by atoms with Crippen molar-refractivity contribution in [3.63, 3.8) is 0 Å². The quantitative estimate of drug-likeness (QED) is 0.781. The van der Waals surface area contributed by atoms with Gasteiger partial charge in [-0.1, -0.05) is 43.9 Å². The molecular weight excluding hydrogens is 348 g/mol. The van der Waals surface area contributed by atoms with E-state index in [-0.39, 0.29) is 16.8 Å². The Morgan fingerprint density at radius 2 is 1.46 bits per heavy atom. The van der Waals surface area contributed by atoms with E-state index in [1.54, 1.807) is 42.5 Å². The van der Waals surface area contributed by atoms with Gasteiger partial charge in [-0.05, 0) is 49.2 Å². The van der Waals surface area contributed by atoms with Gasteiger partial charge in [0.1, 0.15) is 0 Å². The Labute approximate surface area is 154 Å². The second kappa shape index (κ2) is 8.36. The fourth-order valence-electron chi connectivity index (χ4n) is 3.20. The topological polar surface area (TPSA) is 75.3 Å². The van der Waals surface area contributed by atoms with Gasteiger partial charge >= 0.3 is 0 Å². The van der Waals surface area contributed by atoms with Crippen LogP contribution in [0.25, 0.3) is 0 Å². The summed E-state index contributed by atoms with van der Waals surface area (Å²) in [6.45, 7) is 0. The average Bonchev–Trinajstić information content (AvgIpc) is 2.91. The predicted octanol–water partition coefficient (Wildman–Crippen LogP) is 3.94. The summed E-state index contributed by atoms with van der Waals surface area (Å²) in [4.78, 5) is 12.6. The summed E-state index contributed by atoms with van der Waals surface area (Å²) < 4.78 is 27.2. The SMILES string of the molecule is O=C(NC1CCCCCC1)c1ccc(NS(=O)(=O)c2ccccc2)cc1. The maximum atomic E-state index is 12.4. The number of carbonyl (C=O) groups is 1. The number of rotatable bonds is 5. The molecule has 0 radical (unpaired) electrons. The first-order valence-corrected chi connectivity index (χ1v) is 10.5. The standard InChI is InChI=1S/C20H24N2O3S/c23-20(21-17-8-4-1-2-5-9-17)16-12-14-18(15-13-16)22-26(24,25)19-10-6-3-7-11-19/h3,6-7,10-15,17,22H,1-2,4-5,8-9H2,(H,21,23). The largest absolute Gasteiger partial charge is 0.349 e. The highest BCUT2D eigenvalue weighted by Gasteiger charge is 2.17. The van der Waals surface area contributed by atoms with Crippen LogP contribution in [-0.4, -0.2) is 20.4 Å². The molecule has 0 aromatic heterocycles. The van der Waals surface area contributed by atoms with Crippen LogP contribution in [0.4, 0.5) is 5.69 Å². The van der Waals surface area contributed by atoms with E-state index >= 15 is 0 Å². The lowest BCUT2D eigenvalue weighted by atomic mass is 10.1. The Morgan fingerprint density at radius 1 is 0.846 bits per heavy atom. The van der Waals surface area contributed by atoms with Gasteiger partial charge in [0.2, 0.25) is 0 Å².